The Kier molecular flexibility index (Phi) is 5.38. The lowest BCUT2D eigenvalue weighted by atomic mass is 10.00. The summed E-state index contributed by atoms with van der Waals surface area (Å²) >= 11 is 0. The van der Waals surface area contributed by atoms with E-state index >= 15 is 0 Å². The van der Waals surface area contributed by atoms with Crippen LogP contribution in [0.25, 0.3) is 0 Å². The lowest BCUT2D eigenvalue weighted by molar-refractivity contribution is -0.116. The van der Waals surface area contributed by atoms with E-state index in [4.69, 9.17) is 0 Å². The second kappa shape index (κ2) is 7.10. The van der Waals surface area contributed by atoms with Crippen LogP contribution in [0.1, 0.15) is 28.8 Å². The smallest absolute Gasteiger partial charge is 0.251 e. The second-order valence-electron chi connectivity index (χ2n) is 5.61. The fraction of sp³-hybridized carbons (Fsp3) is 0.467. The third-order valence-corrected chi connectivity index (χ3v) is 5.08. The van der Waals surface area contributed by atoms with Crippen molar-refractivity contribution in [3.05, 3.63) is 29.3 Å². The van der Waals surface area contributed by atoms with E-state index in [1.807, 2.05) is 0 Å². The highest BCUT2D eigenvalue weighted by molar-refractivity contribution is 7.88. The van der Waals surface area contributed by atoms with Crippen LogP contribution >= 0.6 is 0 Å². The van der Waals surface area contributed by atoms with Crippen molar-refractivity contribution in [2.75, 3.05) is 31.7 Å². The number of carbonyl (C=O) groups is 2. The van der Waals surface area contributed by atoms with Gasteiger partial charge in [0.25, 0.3) is 5.91 Å². The minimum Gasteiger partial charge on any atom is -0.352 e. The molecule has 0 spiro atoms. The Morgan fingerprint density at radius 2 is 2.09 bits per heavy atom. The van der Waals surface area contributed by atoms with Gasteiger partial charge >= 0.3 is 0 Å². The first-order valence-corrected chi connectivity index (χ1v) is 9.24. The van der Waals surface area contributed by atoms with Crippen molar-refractivity contribution < 1.29 is 18.0 Å². The number of amides is 2. The highest BCUT2D eigenvalue weighted by Crippen LogP contribution is 2.23. The summed E-state index contributed by atoms with van der Waals surface area (Å²) in [5.74, 6) is -0.212. The number of fused-ring (bicyclic) bond motifs is 1. The molecule has 0 aliphatic carbocycles. The molecule has 0 aromatic heterocycles. The molecule has 23 heavy (non-hydrogen) atoms. The summed E-state index contributed by atoms with van der Waals surface area (Å²) in [6.45, 7) is 0.752. The highest BCUT2D eigenvalue weighted by atomic mass is 32.2. The molecule has 0 atom stereocenters. The molecule has 7 nitrogen and oxygen atoms in total. The molecule has 2 amide bonds. The average molecular weight is 339 g/mol. The first-order valence-electron chi connectivity index (χ1n) is 7.39. The summed E-state index contributed by atoms with van der Waals surface area (Å²) in [6, 6.07) is 5.19. The van der Waals surface area contributed by atoms with Crippen LogP contribution in [-0.2, 0) is 21.2 Å². The summed E-state index contributed by atoms with van der Waals surface area (Å²) in [6.07, 6.45) is 2.74. The van der Waals surface area contributed by atoms with E-state index in [0.29, 0.717) is 37.9 Å². The van der Waals surface area contributed by atoms with Gasteiger partial charge in [-0.25, -0.2) is 12.7 Å². The summed E-state index contributed by atoms with van der Waals surface area (Å²) < 4.78 is 23.7. The number of anilines is 1. The van der Waals surface area contributed by atoms with Gasteiger partial charge in [0.1, 0.15) is 0 Å². The molecule has 0 bridgehead atoms. The molecule has 1 aromatic rings. The van der Waals surface area contributed by atoms with Crippen LogP contribution in [0.2, 0.25) is 0 Å². The fourth-order valence-corrected chi connectivity index (χ4v) is 2.76. The molecule has 2 N–H and O–H groups in total. The van der Waals surface area contributed by atoms with Gasteiger partial charge in [0.2, 0.25) is 15.9 Å². The van der Waals surface area contributed by atoms with Crippen LogP contribution in [0.3, 0.4) is 0 Å². The topological polar surface area (TPSA) is 95.6 Å². The van der Waals surface area contributed by atoms with E-state index in [1.165, 1.54) is 11.4 Å². The zero-order valence-corrected chi connectivity index (χ0v) is 14.1. The Hall–Kier alpha value is -1.93. The SMILES string of the molecule is CN(CCCNC(=O)c1ccc2c(c1)CCC(=O)N2)S(C)(=O)=O. The van der Waals surface area contributed by atoms with E-state index < -0.39 is 10.0 Å². The average Bonchev–Trinajstić information content (AvgIpc) is 2.49. The van der Waals surface area contributed by atoms with E-state index in [2.05, 4.69) is 10.6 Å². The molecule has 1 heterocycles. The second-order valence-corrected chi connectivity index (χ2v) is 7.70. The standard InChI is InChI=1S/C15H21N3O4S/c1-18(23(2,21)22)9-3-8-16-15(20)12-4-6-13-11(10-12)5-7-14(19)17-13/h4,6,10H,3,5,7-9H2,1-2H3,(H,16,20)(H,17,19). The largest absolute Gasteiger partial charge is 0.352 e. The van der Waals surface area contributed by atoms with Gasteiger partial charge in [-0.15, -0.1) is 0 Å². The third-order valence-electron chi connectivity index (χ3n) is 3.76. The maximum Gasteiger partial charge on any atom is 0.251 e. The lowest BCUT2D eigenvalue weighted by Gasteiger charge is -2.17. The van der Waals surface area contributed by atoms with Crippen LogP contribution in [0.4, 0.5) is 5.69 Å². The predicted molar refractivity (Wildman–Crippen MR) is 87.8 cm³/mol. The number of nitrogens with one attached hydrogen (secondary N) is 2. The molecule has 8 heteroatoms. The van der Waals surface area contributed by atoms with Crippen molar-refractivity contribution in [2.24, 2.45) is 0 Å². The first-order chi connectivity index (χ1) is 10.8. The van der Waals surface area contributed by atoms with Crippen molar-refractivity contribution in [3.63, 3.8) is 0 Å². The van der Waals surface area contributed by atoms with E-state index in [9.17, 15) is 18.0 Å². The van der Waals surface area contributed by atoms with Crippen LogP contribution < -0.4 is 10.6 Å². The monoisotopic (exact) mass is 339 g/mol. The van der Waals surface area contributed by atoms with Gasteiger partial charge in [0.05, 0.1) is 6.26 Å². The van der Waals surface area contributed by atoms with Gasteiger partial charge in [-0.1, -0.05) is 0 Å². The predicted octanol–water partition coefficient (Wildman–Crippen LogP) is 0.583. The molecule has 1 aliphatic rings. The van der Waals surface area contributed by atoms with Gasteiger partial charge in [0, 0.05) is 37.8 Å². The van der Waals surface area contributed by atoms with Crippen molar-refractivity contribution in [1.82, 2.24) is 9.62 Å². The van der Waals surface area contributed by atoms with Gasteiger partial charge < -0.3 is 10.6 Å². The number of hydrogen-bond acceptors (Lipinski definition) is 4. The normalized spacial score (nSPS) is 14.3. The Morgan fingerprint density at radius 1 is 1.35 bits per heavy atom. The number of hydrogen-bond donors (Lipinski definition) is 2. The van der Waals surface area contributed by atoms with Crippen LogP contribution in [0, 0.1) is 0 Å². The molecule has 0 radical (unpaired) electrons. The van der Waals surface area contributed by atoms with Crippen LogP contribution in [-0.4, -0.2) is 50.9 Å². The number of aryl methyl sites for hydroxylation is 1. The summed E-state index contributed by atoms with van der Waals surface area (Å²) in [4.78, 5) is 23.4. The van der Waals surface area contributed by atoms with Crippen molar-refractivity contribution in [1.29, 1.82) is 0 Å². The number of rotatable bonds is 6. The van der Waals surface area contributed by atoms with Crippen molar-refractivity contribution in [2.45, 2.75) is 19.3 Å². The number of nitrogens with zero attached hydrogens (tertiary/aromatic N) is 1. The quantitative estimate of drug-likeness (QED) is 0.741. The van der Waals surface area contributed by atoms with E-state index in [-0.39, 0.29) is 11.8 Å². The number of sulfonamides is 1. The zero-order chi connectivity index (χ0) is 17.0. The lowest BCUT2D eigenvalue weighted by Crippen LogP contribution is -2.31. The van der Waals surface area contributed by atoms with Gasteiger partial charge in [-0.05, 0) is 36.6 Å². The van der Waals surface area contributed by atoms with Crippen molar-refractivity contribution in [3.8, 4) is 0 Å². The fourth-order valence-electron chi connectivity index (χ4n) is 2.30. The highest BCUT2D eigenvalue weighted by Gasteiger charge is 2.16. The third kappa shape index (κ3) is 4.77. The summed E-state index contributed by atoms with van der Waals surface area (Å²) in [5, 5.41) is 5.55. The maximum absolute atomic E-state index is 12.1. The van der Waals surface area contributed by atoms with Crippen molar-refractivity contribution >= 4 is 27.5 Å². The molecule has 126 valence electrons. The summed E-state index contributed by atoms with van der Waals surface area (Å²) in [7, 11) is -1.68. The Labute approximate surface area is 136 Å². The van der Waals surface area contributed by atoms with Crippen LogP contribution in [0.15, 0.2) is 18.2 Å². The Morgan fingerprint density at radius 3 is 2.78 bits per heavy atom. The molecular weight excluding hydrogens is 318 g/mol. The molecule has 0 saturated heterocycles. The van der Waals surface area contributed by atoms with Gasteiger partial charge in [0.15, 0.2) is 0 Å². The minimum absolute atomic E-state index is 0.00954. The van der Waals surface area contributed by atoms with Gasteiger partial charge in [-0.3, -0.25) is 9.59 Å². The molecule has 0 saturated carbocycles. The summed E-state index contributed by atoms with van der Waals surface area (Å²) in [5.41, 5.74) is 2.25. The van der Waals surface area contributed by atoms with E-state index in [0.717, 1.165) is 17.5 Å². The molecule has 2 rings (SSSR count). The first kappa shape index (κ1) is 17.4. The molecule has 0 fully saturated rings. The molecule has 0 unspecified atom stereocenters. The Bertz CT molecular complexity index is 715. The van der Waals surface area contributed by atoms with Crippen LogP contribution in [0.5, 0.6) is 0 Å². The van der Waals surface area contributed by atoms with Gasteiger partial charge in [-0.2, -0.15) is 0 Å². The zero-order valence-electron chi connectivity index (χ0n) is 13.3. The molecule has 1 aliphatic heterocycles. The number of benzene rings is 1. The molecular formula is C15H21N3O4S. The maximum atomic E-state index is 12.1. The Balaban J connectivity index is 1.86. The molecule has 1 aromatic carbocycles. The van der Waals surface area contributed by atoms with E-state index in [1.54, 1.807) is 18.2 Å². The number of carbonyl (C=O) groups excluding carboxylic acids is 2. The minimum atomic E-state index is -3.18.